The SMILES string of the molecule is COc1ccc([C@@H](O)Cc2nc3ccccc3n2Cc2ccc(Cl)cc2)cc1. The highest BCUT2D eigenvalue weighted by atomic mass is 35.5. The number of para-hydroxylation sites is 2. The van der Waals surface area contributed by atoms with Crippen LogP contribution in [0, 0.1) is 0 Å². The van der Waals surface area contributed by atoms with Crippen molar-refractivity contribution >= 4 is 22.6 Å². The number of aromatic nitrogens is 2. The molecule has 4 rings (SSSR count). The van der Waals surface area contributed by atoms with Gasteiger partial charge in [0, 0.05) is 18.0 Å². The first-order valence-electron chi connectivity index (χ1n) is 9.14. The standard InChI is InChI=1S/C23H21ClN2O2/c1-28-19-12-8-17(9-13-19)22(27)14-23-25-20-4-2-3-5-21(20)26(23)15-16-6-10-18(24)11-7-16/h2-13,22,27H,14-15H2,1H3/t22-/m0/s1. The second-order valence-electron chi connectivity index (χ2n) is 6.72. The van der Waals surface area contributed by atoms with Gasteiger partial charge < -0.3 is 14.4 Å². The van der Waals surface area contributed by atoms with Crippen LogP contribution in [-0.4, -0.2) is 21.8 Å². The maximum absolute atomic E-state index is 10.8. The first-order chi connectivity index (χ1) is 13.6. The van der Waals surface area contributed by atoms with Crippen LogP contribution in [0.5, 0.6) is 5.75 Å². The molecular formula is C23H21ClN2O2. The van der Waals surface area contributed by atoms with Gasteiger partial charge >= 0.3 is 0 Å². The maximum Gasteiger partial charge on any atom is 0.118 e. The van der Waals surface area contributed by atoms with E-state index < -0.39 is 6.10 Å². The van der Waals surface area contributed by atoms with Gasteiger partial charge in [0.2, 0.25) is 0 Å². The van der Waals surface area contributed by atoms with Crippen molar-refractivity contribution in [3.8, 4) is 5.75 Å². The molecule has 0 aliphatic heterocycles. The molecule has 28 heavy (non-hydrogen) atoms. The van der Waals surface area contributed by atoms with E-state index in [0.29, 0.717) is 13.0 Å². The molecule has 0 unspecified atom stereocenters. The molecule has 4 aromatic rings. The molecule has 0 aliphatic carbocycles. The minimum Gasteiger partial charge on any atom is -0.497 e. The summed E-state index contributed by atoms with van der Waals surface area (Å²) in [5.74, 6) is 1.62. The number of ether oxygens (including phenoxy) is 1. The van der Waals surface area contributed by atoms with Gasteiger partial charge in [-0.05, 0) is 47.5 Å². The minimum absolute atomic E-state index is 0.425. The van der Waals surface area contributed by atoms with Crippen LogP contribution in [0.2, 0.25) is 5.02 Å². The fraction of sp³-hybridized carbons (Fsp3) is 0.174. The number of nitrogens with zero attached hydrogens (tertiary/aromatic N) is 2. The summed E-state index contributed by atoms with van der Waals surface area (Å²) in [7, 11) is 1.63. The van der Waals surface area contributed by atoms with E-state index in [1.54, 1.807) is 7.11 Å². The van der Waals surface area contributed by atoms with Crippen LogP contribution < -0.4 is 4.74 Å². The lowest BCUT2D eigenvalue weighted by atomic mass is 10.1. The van der Waals surface area contributed by atoms with Gasteiger partial charge in [0.25, 0.3) is 0 Å². The third kappa shape index (κ3) is 3.88. The first-order valence-corrected chi connectivity index (χ1v) is 9.52. The molecule has 0 bridgehead atoms. The number of benzene rings is 3. The Balaban J connectivity index is 1.66. The molecule has 1 N–H and O–H groups in total. The molecule has 5 heteroatoms. The largest absolute Gasteiger partial charge is 0.497 e. The smallest absolute Gasteiger partial charge is 0.118 e. The van der Waals surface area contributed by atoms with Crippen LogP contribution in [-0.2, 0) is 13.0 Å². The van der Waals surface area contributed by atoms with Crippen LogP contribution in [0.1, 0.15) is 23.1 Å². The van der Waals surface area contributed by atoms with Crippen LogP contribution in [0.3, 0.4) is 0 Å². The summed E-state index contributed by atoms with van der Waals surface area (Å²) >= 11 is 6.02. The van der Waals surface area contributed by atoms with Gasteiger partial charge in [0.1, 0.15) is 11.6 Å². The lowest BCUT2D eigenvalue weighted by Crippen LogP contribution is -2.10. The topological polar surface area (TPSA) is 47.3 Å². The summed E-state index contributed by atoms with van der Waals surface area (Å²) in [5.41, 5.74) is 3.95. The van der Waals surface area contributed by atoms with Crippen LogP contribution in [0.25, 0.3) is 11.0 Å². The molecule has 0 radical (unpaired) electrons. The van der Waals surface area contributed by atoms with Gasteiger partial charge in [-0.25, -0.2) is 4.98 Å². The third-order valence-electron chi connectivity index (χ3n) is 4.86. The van der Waals surface area contributed by atoms with Crippen LogP contribution >= 0.6 is 11.6 Å². The molecule has 0 aliphatic rings. The van der Waals surface area contributed by atoms with Crippen molar-refractivity contribution in [1.82, 2.24) is 9.55 Å². The number of aliphatic hydroxyl groups is 1. The molecular weight excluding hydrogens is 372 g/mol. The van der Waals surface area contributed by atoms with Crippen molar-refractivity contribution in [3.05, 3.63) is 94.8 Å². The van der Waals surface area contributed by atoms with Crippen molar-refractivity contribution in [2.24, 2.45) is 0 Å². The molecule has 1 atom stereocenters. The summed E-state index contributed by atoms with van der Waals surface area (Å²) in [6.45, 7) is 0.669. The molecule has 1 heterocycles. The molecule has 4 nitrogen and oxygen atoms in total. The van der Waals surface area contributed by atoms with Gasteiger partial charge in [-0.15, -0.1) is 0 Å². The Morgan fingerprint density at radius 1 is 1.00 bits per heavy atom. The number of imidazole rings is 1. The zero-order valence-electron chi connectivity index (χ0n) is 15.5. The summed E-state index contributed by atoms with van der Waals surface area (Å²) in [4.78, 5) is 4.78. The predicted octanol–water partition coefficient (Wildman–Crippen LogP) is 5.02. The Kier molecular flexibility index (Phi) is 5.33. The monoisotopic (exact) mass is 392 g/mol. The van der Waals surface area contributed by atoms with E-state index in [0.717, 1.165) is 38.8 Å². The second-order valence-corrected chi connectivity index (χ2v) is 7.16. The van der Waals surface area contributed by atoms with Gasteiger partial charge in [-0.1, -0.05) is 48.0 Å². The van der Waals surface area contributed by atoms with E-state index in [1.807, 2.05) is 66.7 Å². The predicted molar refractivity (Wildman–Crippen MR) is 112 cm³/mol. The highest BCUT2D eigenvalue weighted by molar-refractivity contribution is 6.30. The van der Waals surface area contributed by atoms with E-state index in [9.17, 15) is 5.11 Å². The number of methoxy groups -OCH3 is 1. The number of halogens is 1. The third-order valence-corrected chi connectivity index (χ3v) is 5.12. The number of aliphatic hydroxyl groups excluding tert-OH is 1. The summed E-state index contributed by atoms with van der Waals surface area (Å²) in [6.07, 6.45) is -0.221. The number of rotatable bonds is 6. The lowest BCUT2D eigenvalue weighted by molar-refractivity contribution is 0.174. The quantitative estimate of drug-likeness (QED) is 0.501. The van der Waals surface area contributed by atoms with Crippen LogP contribution in [0.15, 0.2) is 72.8 Å². The molecule has 0 saturated carbocycles. The fourth-order valence-electron chi connectivity index (χ4n) is 3.35. The molecule has 0 saturated heterocycles. The summed E-state index contributed by atoms with van der Waals surface area (Å²) in [5, 5.41) is 11.5. The zero-order chi connectivity index (χ0) is 19.5. The van der Waals surface area contributed by atoms with Gasteiger partial charge in [0.05, 0.1) is 24.2 Å². The Morgan fingerprint density at radius 3 is 2.43 bits per heavy atom. The Hall–Kier alpha value is -2.82. The molecule has 0 fully saturated rings. The molecule has 0 spiro atoms. The Morgan fingerprint density at radius 2 is 1.71 bits per heavy atom. The van der Waals surface area contributed by atoms with Crippen molar-refractivity contribution in [2.45, 2.75) is 19.1 Å². The minimum atomic E-state index is -0.647. The van der Waals surface area contributed by atoms with E-state index >= 15 is 0 Å². The van der Waals surface area contributed by atoms with E-state index in [1.165, 1.54) is 0 Å². The van der Waals surface area contributed by atoms with Gasteiger partial charge in [0.15, 0.2) is 0 Å². The van der Waals surface area contributed by atoms with Crippen molar-refractivity contribution in [1.29, 1.82) is 0 Å². The van der Waals surface area contributed by atoms with Gasteiger partial charge in [-0.2, -0.15) is 0 Å². The fourth-order valence-corrected chi connectivity index (χ4v) is 3.47. The van der Waals surface area contributed by atoms with E-state index in [-0.39, 0.29) is 0 Å². The van der Waals surface area contributed by atoms with Crippen molar-refractivity contribution in [3.63, 3.8) is 0 Å². The Labute approximate surface area is 169 Å². The number of hydrogen-bond acceptors (Lipinski definition) is 3. The van der Waals surface area contributed by atoms with E-state index in [2.05, 4.69) is 10.6 Å². The average Bonchev–Trinajstić information content (AvgIpc) is 3.06. The normalized spacial score (nSPS) is 12.2. The molecule has 3 aromatic carbocycles. The maximum atomic E-state index is 10.8. The van der Waals surface area contributed by atoms with Gasteiger partial charge in [-0.3, -0.25) is 0 Å². The lowest BCUT2D eigenvalue weighted by Gasteiger charge is -2.14. The van der Waals surface area contributed by atoms with Crippen molar-refractivity contribution < 1.29 is 9.84 Å². The zero-order valence-corrected chi connectivity index (χ0v) is 16.3. The second kappa shape index (κ2) is 8.05. The highest BCUT2D eigenvalue weighted by Gasteiger charge is 2.16. The summed E-state index contributed by atoms with van der Waals surface area (Å²) < 4.78 is 7.35. The summed E-state index contributed by atoms with van der Waals surface area (Å²) in [6, 6.07) is 23.3. The van der Waals surface area contributed by atoms with E-state index in [4.69, 9.17) is 21.3 Å². The molecule has 142 valence electrons. The number of hydrogen-bond donors (Lipinski definition) is 1. The first kappa shape index (κ1) is 18.5. The molecule has 1 aromatic heterocycles. The van der Waals surface area contributed by atoms with Crippen molar-refractivity contribution in [2.75, 3.05) is 7.11 Å². The highest BCUT2D eigenvalue weighted by Crippen LogP contribution is 2.25. The van der Waals surface area contributed by atoms with Crippen LogP contribution in [0.4, 0.5) is 0 Å². The average molecular weight is 393 g/mol. The molecule has 0 amide bonds. The number of fused-ring (bicyclic) bond motifs is 1. The Bertz CT molecular complexity index is 1070.